The molecule has 6 nitrogen and oxygen atoms in total. The van der Waals surface area contributed by atoms with Crippen LogP contribution in [0.1, 0.15) is 19.3 Å². The van der Waals surface area contributed by atoms with Gasteiger partial charge in [-0.25, -0.2) is 13.6 Å². The quantitative estimate of drug-likeness (QED) is 0.869. The van der Waals surface area contributed by atoms with E-state index in [1.165, 1.54) is 18.2 Å². The molecule has 1 aliphatic heterocycles. The van der Waals surface area contributed by atoms with Gasteiger partial charge in [-0.15, -0.1) is 0 Å². The van der Waals surface area contributed by atoms with Crippen LogP contribution < -0.4 is 15.2 Å². The van der Waals surface area contributed by atoms with Gasteiger partial charge in [0.15, 0.2) is 6.10 Å². The third-order valence-electron chi connectivity index (χ3n) is 2.97. The number of ether oxygens (including phenoxy) is 1. The van der Waals surface area contributed by atoms with Crippen molar-refractivity contribution in [2.45, 2.75) is 30.3 Å². The van der Waals surface area contributed by atoms with E-state index in [1.54, 1.807) is 0 Å². The lowest BCUT2D eigenvalue weighted by Crippen LogP contribution is -2.36. The fourth-order valence-electron chi connectivity index (χ4n) is 1.98. The van der Waals surface area contributed by atoms with Crippen molar-refractivity contribution < 1.29 is 17.9 Å². The Labute approximate surface area is 122 Å². The van der Waals surface area contributed by atoms with Crippen LogP contribution in [0.3, 0.4) is 0 Å². The maximum Gasteiger partial charge on any atom is 0.261 e. The van der Waals surface area contributed by atoms with Gasteiger partial charge in [0.05, 0.1) is 0 Å². The molecule has 20 heavy (non-hydrogen) atoms. The van der Waals surface area contributed by atoms with Gasteiger partial charge in [0.25, 0.3) is 5.91 Å². The molecule has 0 saturated carbocycles. The SMILES string of the molecule is NS(=O)(=O)c1cc(Cl)ccc1OC1CCCCNC1=O. The molecule has 1 fully saturated rings. The number of carbonyl (C=O) groups excluding carboxylic acids is 1. The second-order valence-corrected chi connectivity index (χ2v) is 6.50. The minimum Gasteiger partial charge on any atom is -0.479 e. The molecule has 2 rings (SSSR count). The molecule has 0 radical (unpaired) electrons. The van der Waals surface area contributed by atoms with Gasteiger partial charge in [0, 0.05) is 11.6 Å². The fourth-order valence-corrected chi connectivity index (χ4v) is 2.90. The molecule has 3 N–H and O–H groups in total. The Kier molecular flexibility index (Phi) is 4.52. The zero-order valence-corrected chi connectivity index (χ0v) is 12.2. The molecule has 110 valence electrons. The van der Waals surface area contributed by atoms with Crippen molar-refractivity contribution in [1.29, 1.82) is 0 Å². The summed E-state index contributed by atoms with van der Waals surface area (Å²) in [5.41, 5.74) is 0. The largest absolute Gasteiger partial charge is 0.479 e. The maximum atomic E-state index is 11.8. The van der Waals surface area contributed by atoms with Gasteiger partial charge < -0.3 is 10.1 Å². The van der Waals surface area contributed by atoms with E-state index in [0.29, 0.717) is 13.0 Å². The van der Waals surface area contributed by atoms with Gasteiger partial charge in [-0.05, 0) is 37.5 Å². The second kappa shape index (κ2) is 5.99. The number of amides is 1. The highest BCUT2D eigenvalue weighted by Gasteiger charge is 2.25. The van der Waals surface area contributed by atoms with Gasteiger partial charge in [-0.1, -0.05) is 11.6 Å². The zero-order valence-electron chi connectivity index (χ0n) is 10.6. The van der Waals surface area contributed by atoms with Crippen LogP contribution in [-0.2, 0) is 14.8 Å². The van der Waals surface area contributed by atoms with E-state index in [4.69, 9.17) is 21.5 Å². The van der Waals surface area contributed by atoms with E-state index in [1.807, 2.05) is 0 Å². The average molecular weight is 319 g/mol. The summed E-state index contributed by atoms with van der Waals surface area (Å²) < 4.78 is 28.6. The van der Waals surface area contributed by atoms with Crippen LogP contribution in [-0.4, -0.2) is 27.0 Å². The molecule has 0 aliphatic carbocycles. The molecule has 1 unspecified atom stereocenters. The number of halogens is 1. The Hall–Kier alpha value is -1.31. The summed E-state index contributed by atoms with van der Waals surface area (Å²) in [6.07, 6.45) is 1.49. The van der Waals surface area contributed by atoms with Crippen LogP contribution in [0.25, 0.3) is 0 Å². The second-order valence-electron chi connectivity index (χ2n) is 4.53. The van der Waals surface area contributed by atoms with E-state index in [9.17, 15) is 13.2 Å². The van der Waals surface area contributed by atoms with Crippen molar-refractivity contribution in [3.63, 3.8) is 0 Å². The molecule has 1 aromatic rings. The molecule has 8 heteroatoms. The monoisotopic (exact) mass is 318 g/mol. The Morgan fingerprint density at radius 3 is 2.80 bits per heavy atom. The average Bonchev–Trinajstić information content (AvgIpc) is 2.56. The van der Waals surface area contributed by atoms with Crippen molar-refractivity contribution in [3.05, 3.63) is 23.2 Å². The lowest BCUT2D eigenvalue weighted by atomic mass is 10.2. The number of sulfonamides is 1. The molecule has 1 aromatic carbocycles. The van der Waals surface area contributed by atoms with Gasteiger partial charge in [-0.3, -0.25) is 4.79 Å². The molecule has 0 bridgehead atoms. The molecule has 1 atom stereocenters. The minimum absolute atomic E-state index is 0.0407. The summed E-state index contributed by atoms with van der Waals surface area (Å²) in [6, 6.07) is 4.10. The topological polar surface area (TPSA) is 98.5 Å². The molecule has 1 aliphatic rings. The number of rotatable bonds is 3. The number of hydrogen-bond acceptors (Lipinski definition) is 4. The Morgan fingerprint density at radius 1 is 1.35 bits per heavy atom. The zero-order chi connectivity index (χ0) is 14.8. The summed E-state index contributed by atoms with van der Waals surface area (Å²) in [7, 11) is -3.97. The Bertz CT molecular complexity index is 618. The molecule has 1 saturated heterocycles. The van der Waals surface area contributed by atoms with E-state index >= 15 is 0 Å². The van der Waals surface area contributed by atoms with E-state index in [0.717, 1.165) is 12.8 Å². The van der Waals surface area contributed by atoms with Crippen LogP contribution in [0, 0.1) is 0 Å². The van der Waals surface area contributed by atoms with Gasteiger partial charge in [-0.2, -0.15) is 0 Å². The smallest absolute Gasteiger partial charge is 0.261 e. The number of benzene rings is 1. The molecular weight excluding hydrogens is 304 g/mol. The van der Waals surface area contributed by atoms with Crippen LogP contribution in [0.4, 0.5) is 0 Å². The first-order valence-electron chi connectivity index (χ1n) is 6.14. The van der Waals surface area contributed by atoms with Crippen molar-refractivity contribution in [2.75, 3.05) is 6.54 Å². The van der Waals surface area contributed by atoms with E-state index < -0.39 is 16.1 Å². The molecule has 0 spiro atoms. The first kappa shape index (κ1) is 15.1. The van der Waals surface area contributed by atoms with Crippen molar-refractivity contribution in [1.82, 2.24) is 5.32 Å². The first-order chi connectivity index (χ1) is 9.38. The summed E-state index contributed by atoms with van der Waals surface area (Å²) >= 11 is 5.77. The van der Waals surface area contributed by atoms with Crippen LogP contribution >= 0.6 is 11.6 Å². The van der Waals surface area contributed by atoms with Crippen molar-refractivity contribution in [2.24, 2.45) is 5.14 Å². The van der Waals surface area contributed by atoms with Gasteiger partial charge in [0.2, 0.25) is 10.0 Å². The highest BCUT2D eigenvalue weighted by Crippen LogP contribution is 2.28. The number of nitrogens with one attached hydrogen (secondary N) is 1. The van der Waals surface area contributed by atoms with Crippen LogP contribution in [0.2, 0.25) is 5.02 Å². The standard InChI is InChI=1S/C12H15ClN2O4S/c13-8-4-5-9(11(7-8)20(14,17)18)19-10-3-1-2-6-15-12(10)16/h4-5,7,10H,1-3,6H2,(H,15,16)(H2,14,17,18). The van der Waals surface area contributed by atoms with Gasteiger partial charge in [0.1, 0.15) is 10.6 Å². The third kappa shape index (κ3) is 3.62. The molecule has 1 amide bonds. The Balaban J connectivity index is 2.31. The molecule has 0 aromatic heterocycles. The maximum absolute atomic E-state index is 11.8. The van der Waals surface area contributed by atoms with E-state index in [-0.39, 0.29) is 21.6 Å². The number of hydrogen-bond donors (Lipinski definition) is 2. The summed E-state index contributed by atoms with van der Waals surface area (Å²) in [6.45, 7) is 0.599. The van der Waals surface area contributed by atoms with Gasteiger partial charge >= 0.3 is 0 Å². The lowest BCUT2D eigenvalue weighted by Gasteiger charge is -2.17. The highest BCUT2D eigenvalue weighted by atomic mass is 35.5. The normalized spacial score (nSPS) is 20.1. The predicted octanol–water partition coefficient (Wildman–Crippen LogP) is 1.03. The number of carbonyl (C=O) groups is 1. The third-order valence-corrected chi connectivity index (χ3v) is 4.13. The molecule has 1 heterocycles. The summed E-state index contributed by atoms with van der Waals surface area (Å²) in [5.74, 6) is -0.211. The van der Waals surface area contributed by atoms with Crippen molar-refractivity contribution >= 4 is 27.5 Å². The number of nitrogens with two attached hydrogens (primary N) is 1. The number of primary sulfonamides is 1. The lowest BCUT2D eigenvalue weighted by molar-refractivity contribution is -0.127. The van der Waals surface area contributed by atoms with Crippen molar-refractivity contribution in [3.8, 4) is 5.75 Å². The Morgan fingerprint density at radius 2 is 2.10 bits per heavy atom. The first-order valence-corrected chi connectivity index (χ1v) is 8.07. The fraction of sp³-hybridized carbons (Fsp3) is 0.417. The van der Waals surface area contributed by atoms with Crippen LogP contribution in [0.5, 0.6) is 5.75 Å². The summed E-state index contributed by atoms with van der Waals surface area (Å²) in [5, 5.41) is 8.07. The predicted molar refractivity (Wildman–Crippen MR) is 74.1 cm³/mol. The minimum atomic E-state index is -3.97. The van der Waals surface area contributed by atoms with Crippen LogP contribution in [0.15, 0.2) is 23.1 Å². The van der Waals surface area contributed by atoms with E-state index in [2.05, 4.69) is 5.32 Å². The highest BCUT2D eigenvalue weighted by molar-refractivity contribution is 7.89. The molecular formula is C12H15ClN2O4S. The summed E-state index contributed by atoms with van der Waals surface area (Å²) in [4.78, 5) is 11.6.